The second kappa shape index (κ2) is 3.25. The first-order valence-electron chi connectivity index (χ1n) is 5.12. The zero-order chi connectivity index (χ0) is 10.3. The summed E-state index contributed by atoms with van der Waals surface area (Å²) in [5.41, 5.74) is 0.267. The van der Waals surface area contributed by atoms with E-state index in [9.17, 15) is 0 Å². The summed E-state index contributed by atoms with van der Waals surface area (Å²) in [6, 6.07) is 0.611. The van der Waals surface area contributed by atoms with Gasteiger partial charge >= 0.3 is 0 Å². The molecule has 0 spiro atoms. The third-order valence-corrected chi connectivity index (χ3v) is 3.02. The van der Waals surface area contributed by atoms with Crippen molar-refractivity contribution >= 4 is 0 Å². The first kappa shape index (κ1) is 11.0. The molecule has 2 unspecified atom stereocenters. The van der Waals surface area contributed by atoms with Gasteiger partial charge in [-0.3, -0.25) is 0 Å². The van der Waals surface area contributed by atoms with Crippen molar-refractivity contribution in [3.8, 4) is 0 Å². The predicted molar refractivity (Wildman–Crippen MR) is 55.9 cm³/mol. The van der Waals surface area contributed by atoms with Crippen LogP contribution in [0.5, 0.6) is 0 Å². The molecule has 2 atom stereocenters. The second-order valence-corrected chi connectivity index (χ2v) is 5.62. The van der Waals surface area contributed by atoms with Crippen LogP contribution >= 0.6 is 0 Å². The maximum Gasteiger partial charge on any atom is 0.0663 e. The summed E-state index contributed by atoms with van der Waals surface area (Å²) in [6.45, 7) is 10.9. The highest BCUT2D eigenvalue weighted by Gasteiger charge is 2.49. The van der Waals surface area contributed by atoms with Crippen LogP contribution in [-0.2, 0) is 4.74 Å². The van der Waals surface area contributed by atoms with E-state index >= 15 is 0 Å². The van der Waals surface area contributed by atoms with E-state index in [1.807, 2.05) is 7.05 Å². The molecule has 1 aliphatic carbocycles. The van der Waals surface area contributed by atoms with Crippen LogP contribution in [-0.4, -0.2) is 24.8 Å². The molecule has 1 rings (SSSR count). The fourth-order valence-electron chi connectivity index (χ4n) is 2.00. The van der Waals surface area contributed by atoms with E-state index in [1.54, 1.807) is 0 Å². The zero-order valence-electron chi connectivity index (χ0n) is 9.77. The van der Waals surface area contributed by atoms with E-state index in [4.69, 9.17) is 4.74 Å². The average Bonchev–Trinajstić information content (AvgIpc) is 1.95. The van der Waals surface area contributed by atoms with Gasteiger partial charge in [0.1, 0.15) is 0 Å². The van der Waals surface area contributed by atoms with E-state index in [0.717, 1.165) is 6.42 Å². The van der Waals surface area contributed by atoms with E-state index in [-0.39, 0.29) is 11.0 Å². The van der Waals surface area contributed by atoms with Gasteiger partial charge < -0.3 is 10.1 Å². The minimum atomic E-state index is -0.0132. The van der Waals surface area contributed by atoms with Gasteiger partial charge in [0.25, 0.3) is 0 Å². The third-order valence-electron chi connectivity index (χ3n) is 3.02. The summed E-state index contributed by atoms with van der Waals surface area (Å²) in [5.74, 6) is 0. The van der Waals surface area contributed by atoms with Crippen molar-refractivity contribution < 1.29 is 4.74 Å². The lowest BCUT2D eigenvalue weighted by Gasteiger charge is -2.53. The van der Waals surface area contributed by atoms with Crippen LogP contribution in [0.4, 0.5) is 0 Å². The summed E-state index contributed by atoms with van der Waals surface area (Å²) in [6.07, 6.45) is 1.55. The molecule has 2 heteroatoms. The molecule has 0 aromatic rings. The Morgan fingerprint density at radius 3 is 2.15 bits per heavy atom. The Labute approximate surface area is 82.0 Å². The molecule has 0 saturated heterocycles. The molecule has 1 aliphatic rings. The minimum absolute atomic E-state index is 0.0132. The lowest BCUT2D eigenvalue weighted by Crippen LogP contribution is -2.61. The van der Waals surface area contributed by atoms with Crippen LogP contribution in [0.15, 0.2) is 0 Å². The van der Waals surface area contributed by atoms with Crippen molar-refractivity contribution in [2.45, 2.75) is 58.8 Å². The van der Waals surface area contributed by atoms with Crippen molar-refractivity contribution in [2.75, 3.05) is 7.05 Å². The molecule has 0 amide bonds. The highest BCUT2D eigenvalue weighted by Crippen LogP contribution is 2.44. The van der Waals surface area contributed by atoms with Gasteiger partial charge in [0.2, 0.25) is 0 Å². The number of ether oxygens (including phenoxy) is 1. The minimum Gasteiger partial charge on any atom is -0.372 e. The highest BCUT2D eigenvalue weighted by atomic mass is 16.5. The lowest BCUT2D eigenvalue weighted by molar-refractivity contribution is -0.171. The van der Waals surface area contributed by atoms with Crippen molar-refractivity contribution in [2.24, 2.45) is 5.41 Å². The predicted octanol–water partition coefficient (Wildman–Crippen LogP) is 2.19. The van der Waals surface area contributed by atoms with Crippen LogP contribution in [0, 0.1) is 5.41 Å². The molecule has 0 aromatic carbocycles. The molecule has 0 heterocycles. The van der Waals surface area contributed by atoms with Gasteiger partial charge in [-0.15, -0.1) is 0 Å². The number of hydrogen-bond acceptors (Lipinski definition) is 2. The van der Waals surface area contributed by atoms with Gasteiger partial charge in [-0.2, -0.15) is 0 Å². The molecule has 0 aliphatic heterocycles. The standard InChI is InChI=1S/C11H23NO/c1-10(2,3)13-9-7-8(12-6)11(9,4)5/h8-9,12H,7H2,1-6H3. The normalized spacial score (nSPS) is 32.8. The molecule has 13 heavy (non-hydrogen) atoms. The first-order valence-corrected chi connectivity index (χ1v) is 5.12. The van der Waals surface area contributed by atoms with Crippen LogP contribution in [0.25, 0.3) is 0 Å². The molecule has 2 nitrogen and oxygen atoms in total. The van der Waals surface area contributed by atoms with Gasteiger partial charge in [0, 0.05) is 11.5 Å². The van der Waals surface area contributed by atoms with Gasteiger partial charge in [0.05, 0.1) is 11.7 Å². The topological polar surface area (TPSA) is 21.3 Å². The van der Waals surface area contributed by atoms with Gasteiger partial charge in [-0.25, -0.2) is 0 Å². The van der Waals surface area contributed by atoms with Crippen LogP contribution in [0.1, 0.15) is 41.0 Å². The fraction of sp³-hybridized carbons (Fsp3) is 1.00. The van der Waals surface area contributed by atoms with Crippen LogP contribution in [0.3, 0.4) is 0 Å². The van der Waals surface area contributed by atoms with Crippen molar-refractivity contribution in [3.05, 3.63) is 0 Å². The maximum atomic E-state index is 5.98. The zero-order valence-corrected chi connectivity index (χ0v) is 9.77. The quantitative estimate of drug-likeness (QED) is 0.712. The molecule has 78 valence electrons. The lowest BCUT2D eigenvalue weighted by atomic mass is 9.64. The van der Waals surface area contributed by atoms with E-state index in [2.05, 4.69) is 39.9 Å². The summed E-state index contributed by atoms with van der Waals surface area (Å²) in [4.78, 5) is 0. The number of rotatable bonds is 2. The first-order chi connectivity index (χ1) is 5.77. The average molecular weight is 185 g/mol. The monoisotopic (exact) mass is 185 g/mol. The SMILES string of the molecule is CNC1CC(OC(C)(C)C)C1(C)C. The largest absolute Gasteiger partial charge is 0.372 e. The molecular weight excluding hydrogens is 162 g/mol. The fourth-order valence-corrected chi connectivity index (χ4v) is 2.00. The van der Waals surface area contributed by atoms with Crippen molar-refractivity contribution in [1.29, 1.82) is 0 Å². The number of nitrogens with one attached hydrogen (secondary N) is 1. The smallest absolute Gasteiger partial charge is 0.0663 e. The molecule has 0 aromatic heterocycles. The van der Waals surface area contributed by atoms with Crippen LogP contribution in [0.2, 0.25) is 0 Å². The van der Waals surface area contributed by atoms with Crippen LogP contribution < -0.4 is 5.32 Å². The molecule has 1 fully saturated rings. The van der Waals surface area contributed by atoms with Gasteiger partial charge in [0.15, 0.2) is 0 Å². The third kappa shape index (κ3) is 2.23. The molecule has 0 radical (unpaired) electrons. The Bertz CT molecular complexity index is 181. The van der Waals surface area contributed by atoms with E-state index in [1.165, 1.54) is 0 Å². The summed E-state index contributed by atoms with van der Waals surface area (Å²) in [7, 11) is 2.03. The Morgan fingerprint density at radius 2 is 1.85 bits per heavy atom. The maximum absolute atomic E-state index is 5.98. The van der Waals surface area contributed by atoms with E-state index in [0.29, 0.717) is 12.1 Å². The molecule has 1 N–H and O–H groups in total. The summed E-state index contributed by atoms with van der Waals surface area (Å²) in [5, 5.41) is 3.33. The van der Waals surface area contributed by atoms with Crippen molar-refractivity contribution in [1.82, 2.24) is 5.32 Å². The number of hydrogen-bond donors (Lipinski definition) is 1. The van der Waals surface area contributed by atoms with Gasteiger partial charge in [-0.05, 0) is 34.2 Å². The summed E-state index contributed by atoms with van der Waals surface area (Å²) >= 11 is 0. The Morgan fingerprint density at radius 1 is 1.31 bits per heavy atom. The Balaban J connectivity index is 2.49. The van der Waals surface area contributed by atoms with Crippen molar-refractivity contribution in [3.63, 3.8) is 0 Å². The highest BCUT2D eigenvalue weighted by molar-refractivity contribution is 5.02. The summed E-state index contributed by atoms with van der Waals surface area (Å²) < 4.78 is 5.98. The molecule has 0 bridgehead atoms. The van der Waals surface area contributed by atoms with Gasteiger partial charge in [-0.1, -0.05) is 13.8 Å². The molecule has 1 saturated carbocycles. The second-order valence-electron chi connectivity index (χ2n) is 5.62. The molecular formula is C11H23NO. The van der Waals surface area contributed by atoms with E-state index < -0.39 is 0 Å². The Hall–Kier alpha value is -0.0800. The Kier molecular flexibility index (Phi) is 2.75.